The van der Waals surface area contributed by atoms with Crippen LogP contribution in [0, 0.1) is 5.21 Å². The van der Waals surface area contributed by atoms with Crippen molar-refractivity contribution in [3.8, 4) is 0 Å². The zero-order valence-electron chi connectivity index (χ0n) is 8.62. The predicted octanol–water partition coefficient (Wildman–Crippen LogP) is 3.07. The molecule has 0 N–H and O–H groups in total. The molecule has 1 aromatic carbocycles. The molecule has 0 bridgehead atoms. The lowest BCUT2D eigenvalue weighted by atomic mass is 10.1. The Balaban J connectivity index is 2.98. The molecule has 0 fully saturated rings. The maximum atomic E-state index is 11.6. The lowest BCUT2D eigenvalue weighted by molar-refractivity contribution is -0.530. The van der Waals surface area contributed by atoms with Gasteiger partial charge < -0.3 is 5.21 Å². The first-order chi connectivity index (χ1) is 6.39. The molecule has 14 heavy (non-hydrogen) atoms. The Morgan fingerprint density at radius 3 is 2.50 bits per heavy atom. The number of nitrogens with zero attached hydrogens (tertiary/aromatic N) is 1. The van der Waals surface area contributed by atoms with Gasteiger partial charge in [0, 0.05) is 31.4 Å². The summed E-state index contributed by atoms with van der Waals surface area (Å²) < 4.78 is 0.929. The molecular weight excluding hydrogens is 198 g/mol. The van der Waals surface area contributed by atoms with E-state index in [0.717, 1.165) is 10.3 Å². The molecule has 0 heterocycles. The van der Waals surface area contributed by atoms with Crippen LogP contribution < -0.4 is 0 Å². The van der Waals surface area contributed by atoms with Gasteiger partial charge in [0.2, 0.25) is 0 Å². The van der Waals surface area contributed by atoms with Crippen LogP contribution in [0.2, 0.25) is 5.02 Å². The van der Waals surface area contributed by atoms with Gasteiger partial charge >= 0.3 is 0 Å². The second-order valence-electron chi connectivity index (χ2n) is 4.18. The average molecular weight is 212 g/mol. The van der Waals surface area contributed by atoms with Crippen LogP contribution in [0.3, 0.4) is 0 Å². The Bertz CT molecular complexity index is 353. The molecule has 0 saturated carbocycles. The van der Waals surface area contributed by atoms with Gasteiger partial charge in [-0.1, -0.05) is 17.7 Å². The summed E-state index contributed by atoms with van der Waals surface area (Å²) in [4.78, 5) is 0. The molecule has 76 valence electrons. The lowest BCUT2D eigenvalue weighted by Gasteiger charge is -2.18. The summed E-state index contributed by atoms with van der Waals surface area (Å²) in [6, 6.07) is 7.22. The number of hydrogen-bond donors (Lipinski definition) is 0. The van der Waals surface area contributed by atoms with E-state index in [-0.39, 0.29) is 0 Å². The predicted molar refractivity (Wildman–Crippen MR) is 60.0 cm³/mol. The summed E-state index contributed by atoms with van der Waals surface area (Å²) >= 11 is 5.80. The topological polar surface area (TPSA) is 26.1 Å². The number of rotatable bonds is 1. The molecule has 0 saturated heterocycles. The first kappa shape index (κ1) is 11.1. The third-order valence-corrected chi connectivity index (χ3v) is 2.01. The second kappa shape index (κ2) is 4.01. The van der Waals surface area contributed by atoms with Gasteiger partial charge in [0.25, 0.3) is 0 Å². The summed E-state index contributed by atoms with van der Waals surface area (Å²) in [5, 5.41) is 12.2. The third-order valence-electron chi connectivity index (χ3n) is 1.78. The summed E-state index contributed by atoms with van der Waals surface area (Å²) in [7, 11) is 0. The van der Waals surface area contributed by atoms with E-state index in [1.54, 1.807) is 18.3 Å². The van der Waals surface area contributed by atoms with Crippen molar-refractivity contribution in [2.75, 3.05) is 0 Å². The van der Waals surface area contributed by atoms with Crippen molar-refractivity contribution in [1.82, 2.24) is 0 Å². The van der Waals surface area contributed by atoms with E-state index in [1.165, 1.54) is 0 Å². The van der Waals surface area contributed by atoms with Gasteiger partial charge in [0.15, 0.2) is 11.8 Å². The molecule has 0 amide bonds. The molecule has 0 aliphatic rings. The zero-order valence-corrected chi connectivity index (χ0v) is 9.38. The van der Waals surface area contributed by atoms with E-state index in [1.807, 2.05) is 32.9 Å². The monoisotopic (exact) mass is 211 g/mol. The Labute approximate surface area is 89.4 Å². The molecular formula is C11H14ClNO. The molecule has 0 unspecified atom stereocenters. The summed E-state index contributed by atoms with van der Waals surface area (Å²) in [6.07, 6.45) is 1.55. The summed E-state index contributed by atoms with van der Waals surface area (Å²) in [5.41, 5.74) is 0.407. The van der Waals surface area contributed by atoms with Gasteiger partial charge in [0.1, 0.15) is 0 Å². The second-order valence-corrected chi connectivity index (χ2v) is 4.62. The van der Waals surface area contributed by atoms with Gasteiger partial charge in [-0.3, -0.25) is 0 Å². The van der Waals surface area contributed by atoms with Crippen LogP contribution in [0.5, 0.6) is 0 Å². The smallest absolute Gasteiger partial charge is 0.182 e. The summed E-state index contributed by atoms with van der Waals surface area (Å²) in [5.74, 6) is 0. The Hall–Kier alpha value is -1.02. The van der Waals surface area contributed by atoms with E-state index in [9.17, 15) is 5.21 Å². The van der Waals surface area contributed by atoms with E-state index in [4.69, 9.17) is 11.6 Å². The van der Waals surface area contributed by atoms with Crippen molar-refractivity contribution in [3.63, 3.8) is 0 Å². The average Bonchev–Trinajstić information content (AvgIpc) is 2.02. The molecule has 1 aromatic rings. The molecule has 1 rings (SSSR count). The highest BCUT2D eigenvalue weighted by Crippen LogP contribution is 2.10. The highest BCUT2D eigenvalue weighted by Gasteiger charge is 2.17. The van der Waals surface area contributed by atoms with Crippen LogP contribution in [0.1, 0.15) is 26.3 Å². The number of hydroxylamine groups is 1. The van der Waals surface area contributed by atoms with Crippen LogP contribution >= 0.6 is 11.6 Å². The van der Waals surface area contributed by atoms with Gasteiger partial charge in [-0.2, -0.15) is 0 Å². The summed E-state index contributed by atoms with van der Waals surface area (Å²) in [6.45, 7) is 5.59. The molecule has 0 aromatic heterocycles. The fraction of sp³-hybridized carbons (Fsp3) is 0.364. The van der Waals surface area contributed by atoms with E-state index >= 15 is 0 Å². The SMILES string of the molecule is CC(C)(C)/[N+]([O-])=C/c1cccc(Cl)c1. The van der Waals surface area contributed by atoms with Crippen LogP contribution in [-0.2, 0) is 0 Å². The molecule has 0 aliphatic carbocycles. The maximum Gasteiger partial charge on any atom is 0.182 e. The largest absolute Gasteiger partial charge is 0.623 e. The molecule has 0 atom stereocenters. The zero-order chi connectivity index (χ0) is 10.8. The molecule has 2 nitrogen and oxygen atoms in total. The van der Waals surface area contributed by atoms with Gasteiger partial charge in [0.05, 0.1) is 0 Å². The highest BCUT2D eigenvalue weighted by atomic mass is 35.5. The minimum atomic E-state index is -0.414. The number of benzene rings is 1. The van der Waals surface area contributed by atoms with Crippen LogP contribution in [-0.4, -0.2) is 16.5 Å². The molecule has 0 radical (unpaired) electrons. The maximum absolute atomic E-state index is 11.6. The first-order valence-electron chi connectivity index (χ1n) is 4.46. The number of halogens is 1. The minimum absolute atomic E-state index is 0.414. The standard InChI is InChI=1S/C11H14ClNO/c1-11(2,3)13(14)8-9-5-4-6-10(12)7-9/h4-8H,1-3H3/b13-8-. The molecule has 0 spiro atoms. The Morgan fingerprint density at radius 2 is 2.00 bits per heavy atom. The lowest BCUT2D eigenvalue weighted by Crippen LogP contribution is -2.29. The van der Waals surface area contributed by atoms with E-state index in [0.29, 0.717) is 5.02 Å². The van der Waals surface area contributed by atoms with E-state index < -0.39 is 5.54 Å². The van der Waals surface area contributed by atoms with E-state index in [2.05, 4.69) is 0 Å². The fourth-order valence-electron chi connectivity index (χ4n) is 0.916. The third kappa shape index (κ3) is 3.04. The minimum Gasteiger partial charge on any atom is -0.623 e. The van der Waals surface area contributed by atoms with Crippen LogP contribution in [0.15, 0.2) is 24.3 Å². The van der Waals surface area contributed by atoms with Gasteiger partial charge in [-0.25, -0.2) is 4.74 Å². The number of hydrogen-bond acceptors (Lipinski definition) is 1. The molecule has 3 heteroatoms. The van der Waals surface area contributed by atoms with Crippen molar-refractivity contribution in [2.24, 2.45) is 0 Å². The normalized spacial score (nSPS) is 13.0. The Kier molecular flexibility index (Phi) is 3.17. The highest BCUT2D eigenvalue weighted by molar-refractivity contribution is 6.30. The molecule has 0 aliphatic heterocycles. The van der Waals surface area contributed by atoms with Crippen LogP contribution in [0.4, 0.5) is 0 Å². The van der Waals surface area contributed by atoms with Crippen LogP contribution in [0.25, 0.3) is 0 Å². The van der Waals surface area contributed by atoms with Gasteiger partial charge in [-0.05, 0) is 18.2 Å². The van der Waals surface area contributed by atoms with Crippen molar-refractivity contribution < 1.29 is 4.74 Å². The first-order valence-corrected chi connectivity index (χ1v) is 4.84. The fourth-order valence-corrected chi connectivity index (χ4v) is 1.11. The van der Waals surface area contributed by atoms with Crippen molar-refractivity contribution in [3.05, 3.63) is 40.1 Å². The van der Waals surface area contributed by atoms with Crippen molar-refractivity contribution >= 4 is 17.8 Å². The quantitative estimate of drug-likeness (QED) is 0.304. The Morgan fingerprint density at radius 1 is 1.36 bits per heavy atom. The van der Waals surface area contributed by atoms with Crippen molar-refractivity contribution in [1.29, 1.82) is 0 Å². The van der Waals surface area contributed by atoms with Crippen molar-refractivity contribution in [2.45, 2.75) is 26.3 Å². The van der Waals surface area contributed by atoms with Gasteiger partial charge in [-0.15, -0.1) is 0 Å².